The summed E-state index contributed by atoms with van der Waals surface area (Å²) in [7, 11) is 0. The largest absolute Gasteiger partial charge is 0.463 e. The maximum atomic E-state index is 13.7. The number of nitrogen functional groups attached to an aromatic ring is 1. The number of nitrogens with one attached hydrogen (secondary N) is 1. The third-order valence-corrected chi connectivity index (χ3v) is 5.65. The van der Waals surface area contributed by atoms with Crippen molar-refractivity contribution in [2.75, 3.05) is 12.3 Å². The lowest BCUT2D eigenvalue weighted by Gasteiger charge is -2.18. The molecule has 0 aliphatic rings. The first-order valence-corrected chi connectivity index (χ1v) is 11.3. The Morgan fingerprint density at radius 1 is 1.06 bits per heavy atom. The first-order valence-electron chi connectivity index (χ1n) is 10.9. The van der Waals surface area contributed by atoms with Gasteiger partial charge in [0.15, 0.2) is 0 Å². The number of rotatable bonds is 8. The molecule has 34 heavy (non-hydrogen) atoms. The van der Waals surface area contributed by atoms with Gasteiger partial charge in [-0.05, 0) is 77.1 Å². The number of carbonyl (C=O) groups is 1. The number of esters is 1. The van der Waals surface area contributed by atoms with Crippen LogP contribution in [0.15, 0.2) is 66.7 Å². The molecule has 0 amide bonds. The highest BCUT2D eigenvalue weighted by atomic mass is 35.5. The molecular weight excluding hydrogens is 451 g/mol. The van der Waals surface area contributed by atoms with E-state index in [9.17, 15) is 9.18 Å². The molecule has 0 unspecified atom stereocenters. The molecule has 3 N–H and O–H groups in total. The molecule has 0 aromatic heterocycles. The molecule has 0 saturated heterocycles. The lowest BCUT2D eigenvalue weighted by atomic mass is 9.87. The lowest BCUT2D eigenvalue weighted by molar-refractivity contribution is -0.137. The van der Waals surface area contributed by atoms with E-state index in [1.165, 1.54) is 24.4 Å². The number of ether oxygens (including phenoxy) is 1. The predicted octanol–water partition coefficient (Wildman–Crippen LogP) is 7.00. The van der Waals surface area contributed by atoms with Crippen molar-refractivity contribution in [3.8, 4) is 0 Å². The van der Waals surface area contributed by atoms with Crippen LogP contribution in [-0.4, -0.2) is 18.8 Å². The van der Waals surface area contributed by atoms with Crippen LogP contribution in [0.1, 0.15) is 48.1 Å². The van der Waals surface area contributed by atoms with Gasteiger partial charge in [-0.3, -0.25) is 0 Å². The number of anilines is 1. The molecule has 3 rings (SSSR count). The molecule has 0 aliphatic carbocycles. The smallest absolute Gasteiger partial charge is 0.330 e. The summed E-state index contributed by atoms with van der Waals surface area (Å²) in [6.45, 7) is 4.09. The average molecular weight is 477 g/mol. The molecule has 0 aliphatic heterocycles. The Hall–Kier alpha value is -3.70. The molecule has 0 heterocycles. The molecule has 4 nitrogen and oxygen atoms in total. The second kappa shape index (κ2) is 11.4. The summed E-state index contributed by atoms with van der Waals surface area (Å²) < 4.78 is 18.7. The van der Waals surface area contributed by atoms with Crippen molar-refractivity contribution in [1.82, 2.24) is 0 Å². The van der Waals surface area contributed by atoms with E-state index in [-0.39, 0.29) is 0 Å². The van der Waals surface area contributed by atoms with E-state index >= 15 is 0 Å². The number of allylic oxidation sites excluding steroid dienone is 1. The van der Waals surface area contributed by atoms with Gasteiger partial charge in [-0.1, -0.05) is 54.9 Å². The molecule has 6 heteroatoms. The van der Waals surface area contributed by atoms with Gasteiger partial charge in [0, 0.05) is 23.5 Å². The standard InChI is InChI=1S/C28H26ClFN2O2/c1-3-23(24-12-11-22(30)16-25(24)29)28(20-10-13-26(32)21(15-20)17-31)19-8-5-18(6-9-19)7-14-27(33)34-4-2/h5-17,31H,3-4,32H2,1-2H3/b14-7+,28-23+,31-17?. The van der Waals surface area contributed by atoms with E-state index in [1.807, 2.05) is 43.3 Å². The number of halogens is 2. The minimum absolute atomic E-state index is 0.321. The van der Waals surface area contributed by atoms with Gasteiger partial charge in [0.2, 0.25) is 0 Å². The average Bonchev–Trinajstić information content (AvgIpc) is 2.83. The van der Waals surface area contributed by atoms with Crippen LogP contribution in [0.25, 0.3) is 17.2 Å². The normalized spacial score (nSPS) is 11.9. The van der Waals surface area contributed by atoms with Crippen LogP contribution in [0, 0.1) is 11.2 Å². The number of hydrogen-bond donors (Lipinski definition) is 2. The van der Waals surface area contributed by atoms with Crippen molar-refractivity contribution in [2.45, 2.75) is 20.3 Å². The van der Waals surface area contributed by atoms with Gasteiger partial charge in [-0.2, -0.15) is 0 Å². The molecule has 0 atom stereocenters. The first kappa shape index (κ1) is 24.9. The Morgan fingerprint density at radius 3 is 2.38 bits per heavy atom. The summed E-state index contributed by atoms with van der Waals surface area (Å²) in [6.07, 6.45) is 4.94. The Balaban J connectivity index is 2.19. The summed E-state index contributed by atoms with van der Waals surface area (Å²) in [4.78, 5) is 11.6. The Kier molecular flexibility index (Phi) is 8.39. The molecule has 0 bridgehead atoms. The van der Waals surface area contributed by atoms with E-state index in [4.69, 9.17) is 27.5 Å². The fourth-order valence-electron chi connectivity index (χ4n) is 3.72. The van der Waals surface area contributed by atoms with E-state index in [0.717, 1.165) is 33.4 Å². The summed E-state index contributed by atoms with van der Waals surface area (Å²) in [5, 5.41) is 8.04. The summed E-state index contributed by atoms with van der Waals surface area (Å²) in [5.74, 6) is -0.797. The highest BCUT2D eigenvalue weighted by molar-refractivity contribution is 6.32. The van der Waals surface area contributed by atoms with Crippen molar-refractivity contribution in [2.24, 2.45) is 0 Å². The second-order valence-corrected chi connectivity index (χ2v) is 7.93. The monoisotopic (exact) mass is 476 g/mol. The van der Waals surface area contributed by atoms with Crippen LogP contribution in [0.2, 0.25) is 5.02 Å². The predicted molar refractivity (Wildman–Crippen MR) is 138 cm³/mol. The number of nitrogens with two attached hydrogens (primary N) is 1. The van der Waals surface area contributed by atoms with Gasteiger partial charge in [-0.25, -0.2) is 9.18 Å². The third kappa shape index (κ3) is 5.80. The number of benzene rings is 3. The Labute approximate surface area is 204 Å². The molecule has 174 valence electrons. The minimum Gasteiger partial charge on any atom is -0.463 e. The van der Waals surface area contributed by atoms with Crippen molar-refractivity contribution in [3.05, 3.63) is 105 Å². The zero-order valence-electron chi connectivity index (χ0n) is 19.1. The molecule has 0 fully saturated rings. The van der Waals surface area contributed by atoms with Crippen LogP contribution in [-0.2, 0) is 9.53 Å². The molecule has 3 aromatic rings. The topological polar surface area (TPSA) is 76.2 Å². The van der Waals surface area contributed by atoms with Gasteiger partial charge in [0.05, 0.1) is 11.6 Å². The fraction of sp³-hybridized carbons (Fsp3) is 0.143. The highest BCUT2D eigenvalue weighted by Crippen LogP contribution is 2.38. The Morgan fingerprint density at radius 2 is 1.76 bits per heavy atom. The van der Waals surface area contributed by atoms with Crippen LogP contribution >= 0.6 is 11.6 Å². The van der Waals surface area contributed by atoms with Crippen molar-refractivity contribution in [3.63, 3.8) is 0 Å². The molecule has 0 spiro atoms. The highest BCUT2D eigenvalue weighted by Gasteiger charge is 2.16. The van der Waals surface area contributed by atoms with Crippen LogP contribution < -0.4 is 5.73 Å². The summed E-state index contributed by atoms with van der Waals surface area (Å²) in [6, 6.07) is 17.6. The summed E-state index contributed by atoms with van der Waals surface area (Å²) in [5.41, 5.74) is 12.3. The van der Waals surface area contributed by atoms with E-state index < -0.39 is 11.8 Å². The minimum atomic E-state index is -0.401. The van der Waals surface area contributed by atoms with Crippen LogP contribution in [0.4, 0.5) is 10.1 Å². The first-order chi connectivity index (χ1) is 16.4. The van der Waals surface area contributed by atoms with Gasteiger partial charge in [0.1, 0.15) is 5.82 Å². The zero-order valence-corrected chi connectivity index (χ0v) is 19.8. The van der Waals surface area contributed by atoms with Crippen LogP contribution in [0.5, 0.6) is 0 Å². The van der Waals surface area contributed by atoms with E-state index in [1.54, 1.807) is 25.1 Å². The van der Waals surface area contributed by atoms with Gasteiger partial charge in [-0.15, -0.1) is 0 Å². The van der Waals surface area contributed by atoms with E-state index in [2.05, 4.69) is 0 Å². The molecular formula is C28H26ClFN2O2. The zero-order chi connectivity index (χ0) is 24.7. The SMILES string of the molecule is CCOC(=O)/C=C/c1ccc(/C(=C(/CC)c2ccc(F)cc2Cl)c2ccc(N)c(C=N)c2)cc1. The lowest BCUT2D eigenvalue weighted by Crippen LogP contribution is -2.00. The van der Waals surface area contributed by atoms with Crippen molar-refractivity contribution in [1.29, 1.82) is 5.41 Å². The number of hydrogen-bond acceptors (Lipinski definition) is 4. The van der Waals surface area contributed by atoms with Crippen LogP contribution in [0.3, 0.4) is 0 Å². The quantitative estimate of drug-likeness (QED) is 0.121. The Bertz CT molecular complexity index is 1260. The summed E-state index contributed by atoms with van der Waals surface area (Å²) >= 11 is 6.44. The van der Waals surface area contributed by atoms with Gasteiger partial charge in [0.25, 0.3) is 0 Å². The van der Waals surface area contributed by atoms with Gasteiger partial charge >= 0.3 is 5.97 Å². The molecule has 0 saturated carbocycles. The fourth-order valence-corrected chi connectivity index (χ4v) is 4.00. The molecule has 0 radical (unpaired) electrons. The molecule has 3 aromatic carbocycles. The van der Waals surface area contributed by atoms with E-state index in [0.29, 0.717) is 29.3 Å². The maximum Gasteiger partial charge on any atom is 0.330 e. The third-order valence-electron chi connectivity index (χ3n) is 5.34. The van der Waals surface area contributed by atoms with Crippen molar-refractivity contribution < 1.29 is 13.9 Å². The maximum absolute atomic E-state index is 13.7. The second-order valence-electron chi connectivity index (χ2n) is 7.53. The van der Waals surface area contributed by atoms with Gasteiger partial charge < -0.3 is 15.9 Å². The number of carbonyl (C=O) groups excluding carboxylic acids is 1. The van der Waals surface area contributed by atoms with Crippen molar-refractivity contribution >= 4 is 46.7 Å².